The van der Waals surface area contributed by atoms with E-state index in [0.717, 1.165) is 12.1 Å². The van der Waals surface area contributed by atoms with Gasteiger partial charge in [0.05, 0.1) is 11.3 Å². The van der Waals surface area contributed by atoms with Crippen molar-refractivity contribution >= 4 is 5.78 Å². The van der Waals surface area contributed by atoms with E-state index in [2.05, 4.69) is 15.1 Å². The molecule has 0 unspecified atom stereocenters. The molecule has 0 radical (unpaired) electrons. The third-order valence-corrected chi connectivity index (χ3v) is 3.93. The highest BCUT2D eigenvalue weighted by Crippen LogP contribution is 2.37. The smallest absolute Gasteiger partial charge is 0.454 e. The average molecular weight is 469 g/mol. The predicted molar refractivity (Wildman–Crippen MR) is 84.4 cm³/mol. The molecule has 0 aliphatic heterocycles. The van der Waals surface area contributed by atoms with Crippen molar-refractivity contribution in [3.05, 3.63) is 53.6 Å². The largest absolute Gasteiger partial charge is 0.858 e. The van der Waals surface area contributed by atoms with Crippen LogP contribution in [0.1, 0.15) is 21.7 Å². The van der Waals surface area contributed by atoms with Crippen molar-refractivity contribution in [3.8, 4) is 22.8 Å². The Balaban J connectivity index is 2.29. The van der Waals surface area contributed by atoms with Crippen LogP contribution in [0.5, 0.6) is 5.88 Å². The van der Waals surface area contributed by atoms with E-state index >= 15 is 0 Å². The lowest BCUT2D eigenvalue weighted by molar-refractivity contribution is -0.278. The number of alkyl halides is 9. The fourth-order valence-electron chi connectivity index (χ4n) is 2.57. The monoisotopic (exact) mass is 469 g/mol. The summed E-state index contributed by atoms with van der Waals surface area (Å²) >= 11 is 0. The van der Waals surface area contributed by atoms with Gasteiger partial charge in [0, 0.05) is 23.8 Å². The normalized spacial score (nSPS) is 12.8. The minimum atomic E-state index is -5.63. The van der Waals surface area contributed by atoms with Crippen molar-refractivity contribution in [3.63, 3.8) is 0 Å². The number of ketones is 1. The molecule has 0 fully saturated rings. The summed E-state index contributed by atoms with van der Waals surface area (Å²) in [6.45, 7) is 0. The number of Topliss-reactive ketones (excluding diaryl/α,β-unsaturated/α-hetero) is 1. The minimum Gasteiger partial charge on any atom is -0.858 e. The summed E-state index contributed by atoms with van der Waals surface area (Å²) in [6, 6.07) is 2.05. The molecular weight excluding hydrogens is 463 g/mol. The van der Waals surface area contributed by atoms with Crippen LogP contribution >= 0.6 is 0 Å². The number of hydrogen-bond acceptors (Lipinski definition) is 5. The highest BCUT2D eigenvalue weighted by Gasteiger charge is 2.43. The molecule has 0 spiro atoms. The van der Waals surface area contributed by atoms with Crippen molar-refractivity contribution in [1.82, 2.24) is 19.7 Å². The topological polar surface area (TPSA) is 83.7 Å². The van der Waals surface area contributed by atoms with Gasteiger partial charge in [0.25, 0.3) is 5.78 Å². The third kappa shape index (κ3) is 4.36. The summed E-state index contributed by atoms with van der Waals surface area (Å²) in [5, 5.41) is 16.0. The zero-order valence-electron chi connectivity index (χ0n) is 15.0. The van der Waals surface area contributed by atoms with Crippen molar-refractivity contribution in [2.45, 2.75) is 18.5 Å². The summed E-state index contributed by atoms with van der Waals surface area (Å²) in [4.78, 5) is 17.9. The highest BCUT2D eigenvalue weighted by molar-refractivity contribution is 6.07. The van der Waals surface area contributed by atoms with Gasteiger partial charge in [0.15, 0.2) is 0 Å². The SMILES string of the molecule is O=C(c1c(-c2ccnc(C(F)(F)F)c2)nn(-c2ccnc(C(F)(F)F)c2)c1[O-])C(F)(F)F. The number of rotatable bonds is 3. The first-order valence-electron chi connectivity index (χ1n) is 8.09. The Morgan fingerprint density at radius 2 is 1.38 bits per heavy atom. The summed E-state index contributed by atoms with van der Waals surface area (Å²) < 4.78 is 117. The molecule has 0 saturated carbocycles. The lowest BCUT2D eigenvalue weighted by Crippen LogP contribution is -2.24. The number of nitrogens with zero attached hydrogens (tertiary/aromatic N) is 4. The van der Waals surface area contributed by atoms with Gasteiger partial charge < -0.3 is 5.11 Å². The molecule has 3 aromatic heterocycles. The molecule has 170 valence electrons. The fourth-order valence-corrected chi connectivity index (χ4v) is 2.57. The van der Waals surface area contributed by atoms with Gasteiger partial charge in [-0.25, -0.2) is 4.68 Å². The Bertz CT molecular complexity index is 1180. The van der Waals surface area contributed by atoms with Crippen LogP contribution in [-0.4, -0.2) is 31.7 Å². The molecule has 0 atom stereocenters. The van der Waals surface area contributed by atoms with E-state index in [0.29, 0.717) is 12.4 Å². The fraction of sp³-hybridized carbons (Fsp3) is 0.176. The van der Waals surface area contributed by atoms with Gasteiger partial charge in [-0.3, -0.25) is 14.8 Å². The highest BCUT2D eigenvalue weighted by atomic mass is 19.4. The van der Waals surface area contributed by atoms with Gasteiger partial charge in [-0.2, -0.15) is 44.6 Å². The maximum absolute atomic E-state index is 13.0. The molecular formula is C17H6F9N4O2-. The second-order valence-electron chi connectivity index (χ2n) is 6.09. The lowest BCUT2D eigenvalue weighted by atomic mass is 10.0. The molecule has 0 saturated heterocycles. The van der Waals surface area contributed by atoms with Gasteiger partial charge in [-0.15, -0.1) is 0 Å². The zero-order chi connectivity index (χ0) is 24.1. The molecule has 15 heteroatoms. The molecule has 0 bridgehead atoms. The Labute approximate surface area is 170 Å². The maximum Gasteiger partial charge on any atom is 0.454 e. The lowest BCUT2D eigenvalue weighted by Gasteiger charge is -2.14. The van der Waals surface area contributed by atoms with E-state index in [4.69, 9.17) is 0 Å². The number of hydrogen-bond donors (Lipinski definition) is 0. The van der Waals surface area contributed by atoms with E-state index in [9.17, 15) is 49.4 Å². The quantitative estimate of drug-likeness (QED) is 0.425. The Kier molecular flexibility index (Phi) is 5.39. The molecule has 0 aliphatic carbocycles. The third-order valence-electron chi connectivity index (χ3n) is 3.93. The summed E-state index contributed by atoms with van der Waals surface area (Å²) in [5.41, 5.74) is -7.33. The number of carbonyl (C=O) groups excluding carboxylic acids is 1. The Morgan fingerprint density at radius 3 is 1.91 bits per heavy atom. The summed E-state index contributed by atoms with van der Waals surface area (Å²) in [7, 11) is 0. The second kappa shape index (κ2) is 7.49. The van der Waals surface area contributed by atoms with Gasteiger partial charge in [-0.1, -0.05) is 0 Å². The van der Waals surface area contributed by atoms with E-state index in [1.54, 1.807) is 0 Å². The van der Waals surface area contributed by atoms with Crippen LogP contribution < -0.4 is 5.11 Å². The van der Waals surface area contributed by atoms with Crippen LogP contribution in [0.15, 0.2) is 36.7 Å². The molecule has 0 aromatic carbocycles. The molecule has 3 rings (SSSR count). The second-order valence-corrected chi connectivity index (χ2v) is 6.09. The van der Waals surface area contributed by atoms with Crippen LogP contribution in [-0.2, 0) is 12.4 Å². The molecule has 6 nitrogen and oxygen atoms in total. The van der Waals surface area contributed by atoms with Crippen molar-refractivity contribution in [1.29, 1.82) is 0 Å². The van der Waals surface area contributed by atoms with Gasteiger partial charge in [-0.05, 0) is 24.3 Å². The first-order chi connectivity index (χ1) is 14.6. The molecule has 0 N–H and O–H groups in total. The first kappa shape index (κ1) is 23.0. The molecule has 0 aliphatic rings. The van der Waals surface area contributed by atoms with Gasteiger partial charge in [0.1, 0.15) is 17.1 Å². The minimum absolute atomic E-state index is 0.0406. The number of aromatic nitrogens is 4. The van der Waals surface area contributed by atoms with Crippen LogP contribution in [0.3, 0.4) is 0 Å². The van der Waals surface area contributed by atoms with Crippen molar-refractivity contribution < 1.29 is 49.4 Å². The predicted octanol–water partition coefficient (Wildman–Crippen LogP) is 4.19. The first-order valence-corrected chi connectivity index (χ1v) is 8.09. The Hall–Kier alpha value is -3.65. The number of halogens is 9. The van der Waals surface area contributed by atoms with E-state index in [1.807, 2.05) is 0 Å². The van der Waals surface area contributed by atoms with Crippen molar-refractivity contribution in [2.24, 2.45) is 0 Å². The number of pyridine rings is 2. The molecule has 3 aromatic rings. The number of carbonyl (C=O) groups is 1. The average Bonchev–Trinajstić information content (AvgIpc) is 3.02. The maximum atomic E-state index is 13.0. The van der Waals surface area contributed by atoms with Crippen LogP contribution in [0, 0.1) is 0 Å². The summed E-state index contributed by atoms with van der Waals surface area (Å²) in [5.74, 6) is -4.52. The van der Waals surface area contributed by atoms with Crippen LogP contribution in [0.4, 0.5) is 39.5 Å². The van der Waals surface area contributed by atoms with Gasteiger partial charge >= 0.3 is 18.5 Å². The van der Waals surface area contributed by atoms with Crippen molar-refractivity contribution in [2.75, 3.05) is 0 Å². The van der Waals surface area contributed by atoms with Crippen LogP contribution in [0.2, 0.25) is 0 Å². The van der Waals surface area contributed by atoms with E-state index < -0.39 is 64.1 Å². The van der Waals surface area contributed by atoms with E-state index in [-0.39, 0.29) is 16.8 Å². The molecule has 0 amide bonds. The Morgan fingerprint density at radius 1 is 0.844 bits per heavy atom. The van der Waals surface area contributed by atoms with E-state index in [1.165, 1.54) is 0 Å². The molecule has 3 heterocycles. The van der Waals surface area contributed by atoms with Gasteiger partial charge in [0.2, 0.25) is 0 Å². The standard InChI is InChI=1S/C17H7F9N4O2/c18-15(19,20)9-5-7(1-3-27-9)12-11(13(31)17(24,25)26)14(32)30(29-12)8-2-4-28-10(6-8)16(21,22)23/h1-6,32H/p-1. The molecule has 32 heavy (non-hydrogen) atoms. The zero-order valence-corrected chi connectivity index (χ0v) is 15.0. The summed E-state index contributed by atoms with van der Waals surface area (Å²) in [6.07, 6.45) is -14.5. The van der Waals surface area contributed by atoms with Crippen LogP contribution in [0.25, 0.3) is 16.9 Å².